The van der Waals surface area contributed by atoms with E-state index in [4.69, 9.17) is 9.15 Å². The highest BCUT2D eigenvalue weighted by molar-refractivity contribution is 7.92. The van der Waals surface area contributed by atoms with Crippen molar-refractivity contribution < 1.29 is 27.2 Å². The van der Waals surface area contributed by atoms with Gasteiger partial charge in [0, 0.05) is 56.1 Å². The molecule has 0 spiro atoms. The molecule has 1 aliphatic rings. The highest BCUT2D eigenvalue weighted by Crippen LogP contribution is 2.36. The van der Waals surface area contributed by atoms with Crippen molar-refractivity contribution in [3.8, 4) is 0 Å². The van der Waals surface area contributed by atoms with E-state index in [0.29, 0.717) is 60.4 Å². The molecule has 0 bridgehead atoms. The monoisotopic (exact) mass is 652 g/mol. The Morgan fingerprint density at radius 3 is 2.40 bits per heavy atom. The van der Waals surface area contributed by atoms with Gasteiger partial charge in [-0.15, -0.1) is 0 Å². The van der Waals surface area contributed by atoms with E-state index in [2.05, 4.69) is 9.88 Å². The van der Waals surface area contributed by atoms with Gasteiger partial charge in [-0.3, -0.25) is 14.1 Å². The number of esters is 1. The third-order valence-corrected chi connectivity index (χ3v) is 10.2. The van der Waals surface area contributed by atoms with E-state index in [9.17, 15) is 18.0 Å². The normalized spacial score (nSPS) is 13.5. The van der Waals surface area contributed by atoms with E-state index in [1.54, 1.807) is 55.4 Å². The molecular formula is C36H36N4O6S. The number of pyridine rings is 1. The Bertz CT molecular complexity index is 1990. The van der Waals surface area contributed by atoms with Gasteiger partial charge in [-0.25, -0.2) is 13.2 Å². The number of fused-ring (bicyclic) bond motifs is 1. The quantitative estimate of drug-likeness (QED) is 0.176. The zero-order chi connectivity index (χ0) is 33.0. The molecule has 1 amide bonds. The smallest absolute Gasteiger partial charge is 0.374 e. The molecule has 3 heterocycles. The van der Waals surface area contributed by atoms with E-state index < -0.39 is 16.0 Å². The van der Waals surface area contributed by atoms with Crippen LogP contribution in [0.3, 0.4) is 0 Å². The number of para-hydroxylation sites is 2. The maximum absolute atomic E-state index is 14.6. The number of piperazine rings is 1. The van der Waals surface area contributed by atoms with Gasteiger partial charge in [0.05, 0.1) is 28.4 Å². The molecule has 3 aromatic carbocycles. The van der Waals surface area contributed by atoms with Gasteiger partial charge in [0.15, 0.2) is 0 Å². The molecule has 1 fully saturated rings. The largest absolute Gasteiger partial charge is 0.460 e. The SMILES string of the molecule is CCOC(=O)c1oc2ccc(S(=O)(=O)N(CCc3ccccc3)c3ccccc3N3CCN(C(=O)c4cccnc4)CC3)cc2c1C. The zero-order valence-electron chi connectivity index (χ0n) is 26.3. The highest BCUT2D eigenvalue weighted by atomic mass is 32.2. The summed E-state index contributed by atoms with van der Waals surface area (Å²) < 4.78 is 41.6. The van der Waals surface area contributed by atoms with E-state index in [1.165, 1.54) is 10.4 Å². The molecule has 6 rings (SSSR count). The lowest BCUT2D eigenvalue weighted by molar-refractivity contribution is 0.0491. The summed E-state index contributed by atoms with van der Waals surface area (Å²) >= 11 is 0. The average Bonchev–Trinajstić information content (AvgIpc) is 3.45. The third-order valence-electron chi connectivity index (χ3n) is 8.37. The number of ether oxygens (including phenoxy) is 1. The molecule has 0 atom stereocenters. The van der Waals surface area contributed by atoms with Crippen molar-refractivity contribution in [2.24, 2.45) is 0 Å². The third kappa shape index (κ3) is 6.57. The lowest BCUT2D eigenvalue weighted by atomic mass is 10.1. The minimum Gasteiger partial charge on any atom is -0.460 e. The van der Waals surface area contributed by atoms with Gasteiger partial charge >= 0.3 is 5.97 Å². The van der Waals surface area contributed by atoms with Crippen molar-refractivity contribution >= 4 is 44.2 Å². The van der Waals surface area contributed by atoms with Crippen LogP contribution in [0.1, 0.15) is 39.0 Å². The van der Waals surface area contributed by atoms with Crippen molar-refractivity contribution in [3.63, 3.8) is 0 Å². The number of sulfonamides is 1. The number of hydrogen-bond donors (Lipinski definition) is 0. The van der Waals surface area contributed by atoms with Crippen LogP contribution in [0.5, 0.6) is 0 Å². The summed E-state index contributed by atoms with van der Waals surface area (Å²) in [6, 6.07) is 25.4. The summed E-state index contributed by atoms with van der Waals surface area (Å²) in [4.78, 5) is 33.6. The maximum Gasteiger partial charge on any atom is 0.374 e. The predicted octanol–water partition coefficient (Wildman–Crippen LogP) is 5.71. The van der Waals surface area contributed by atoms with Crippen molar-refractivity contribution in [3.05, 3.63) is 120 Å². The Morgan fingerprint density at radius 2 is 1.68 bits per heavy atom. The molecule has 1 aliphatic heterocycles. The Labute approximate surface area is 274 Å². The van der Waals surface area contributed by atoms with Crippen molar-refractivity contribution in [2.45, 2.75) is 25.2 Å². The number of nitrogens with zero attached hydrogens (tertiary/aromatic N) is 4. The average molecular weight is 653 g/mol. The fourth-order valence-corrected chi connectivity index (χ4v) is 7.40. The molecule has 0 saturated carbocycles. The number of aryl methyl sites for hydroxylation is 1. The Hall–Kier alpha value is -5.16. The molecule has 2 aromatic heterocycles. The second-order valence-corrected chi connectivity index (χ2v) is 13.1. The lowest BCUT2D eigenvalue weighted by Gasteiger charge is -2.38. The lowest BCUT2D eigenvalue weighted by Crippen LogP contribution is -2.49. The molecule has 0 aliphatic carbocycles. The highest BCUT2D eigenvalue weighted by Gasteiger charge is 2.31. The summed E-state index contributed by atoms with van der Waals surface area (Å²) in [6.45, 7) is 5.86. The summed E-state index contributed by atoms with van der Waals surface area (Å²) in [5.74, 6) is -0.607. The van der Waals surface area contributed by atoms with Gasteiger partial charge in [0.2, 0.25) is 5.76 Å². The summed E-state index contributed by atoms with van der Waals surface area (Å²) in [5, 5.41) is 0.528. The van der Waals surface area contributed by atoms with Crippen LogP contribution in [0.15, 0.2) is 107 Å². The Kier molecular flexibility index (Phi) is 9.26. The minimum atomic E-state index is -4.10. The second kappa shape index (κ2) is 13.7. The Balaban J connectivity index is 1.34. The molecule has 1 saturated heterocycles. The van der Waals surface area contributed by atoms with Crippen LogP contribution in [0.2, 0.25) is 0 Å². The molecule has 0 radical (unpaired) electrons. The molecule has 10 nitrogen and oxygen atoms in total. The fourth-order valence-electron chi connectivity index (χ4n) is 5.89. The van der Waals surface area contributed by atoms with Gasteiger partial charge in [0.1, 0.15) is 5.58 Å². The van der Waals surface area contributed by atoms with Gasteiger partial charge in [-0.2, -0.15) is 0 Å². The second-order valence-electron chi connectivity index (χ2n) is 11.3. The molecule has 242 valence electrons. The Morgan fingerprint density at radius 1 is 0.936 bits per heavy atom. The number of anilines is 2. The van der Waals surface area contributed by atoms with Crippen LogP contribution < -0.4 is 9.21 Å². The fraction of sp³-hybridized carbons (Fsp3) is 0.250. The molecular weight excluding hydrogens is 616 g/mol. The van der Waals surface area contributed by atoms with Crippen LogP contribution in [0.25, 0.3) is 11.0 Å². The van der Waals surface area contributed by atoms with Gasteiger partial charge in [0.25, 0.3) is 15.9 Å². The van der Waals surface area contributed by atoms with Crippen LogP contribution >= 0.6 is 0 Å². The van der Waals surface area contributed by atoms with Gasteiger partial charge in [-0.1, -0.05) is 42.5 Å². The van der Waals surface area contributed by atoms with Crippen LogP contribution in [-0.4, -0.2) is 69.5 Å². The first-order valence-electron chi connectivity index (χ1n) is 15.6. The number of furan rings is 1. The molecule has 47 heavy (non-hydrogen) atoms. The number of aromatic nitrogens is 1. The van der Waals surface area contributed by atoms with Crippen LogP contribution in [0, 0.1) is 6.92 Å². The first-order chi connectivity index (χ1) is 22.8. The topological polar surface area (TPSA) is 113 Å². The molecule has 11 heteroatoms. The first kappa shape index (κ1) is 31.8. The minimum absolute atomic E-state index is 0.0591. The number of carbonyl (C=O) groups excluding carboxylic acids is 2. The zero-order valence-corrected chi connectivity index (χ0v) is 27.2. The van der Waals surface area contributed by atoms with Gasteiger partial charge < -0.3 is 19.0 Å². The summed E-state index contributed by atoms with van der Waals surface area (Å²) in [5.41, 5.74) is 3.78. The number of carbonyl (C=O) groups is 2. The molecule has 0 N–H and O–H groups in total. The van der Waals surface area contributed by atoms with Crippen molar-refractivity contribution in [1.82, 2.24) is 9.88 Å². The number of benzene rings is 3. The van der Waals surface area contributed by atoms with Crippen LogP contribution in [0.4, 0.5) is 11.4 Å². The molecule has 0 unspecified atom stereocenters. The van der Waals surface area contributed by atoms with Gasteiger partial charge in [-0.05, 0) is 68.3 Å². The predicted molar refractivity (Wildman–Crippen MR) is 180 cm³/mol. The molecule has 5 aromatic rings. The maximum atomic E-state index is 14.6. The standard InChI is InChI=1S/C36H36N4O6S/c1-3-45-36(42)34-26(2)30-24-29(15-16-33(30)46-34)47(43,44)40(19-17-27-10-5-4-6-11-27)32-14-8-7-13-31(32)38-20-22-39(23-21-38)35(41)28-12-9-18-37-25-28/h4-16,18,24-25H,3,17,19-23H2,1-2H3. The number of rotatable bonds is 10. The first-order valence-corrected chi connectivity index (χ1v) is 17.0. The van der Waals surface area contributed by atoms with Crippen molar-refractivity contribution in [1.29, 1.82) is 0 Å². The van der Waals surface area contributed by atoms with Crippen molar-refractivity contribution in [2.75, 3.05) is 48.5 Å². The number of hydrogen-bond acceptors (Lipinski definition) is 8. The summed E-state index contributed by atoms with van der Waals surface area (Å²) in [6.07, 6.45) is 3.69. The summed E-state index contributed by atoms with van der Waals surface area (Å²) in [7, 11) is -4.10. The van der Waals surface area contributed by atoms with E-state index >= 15 is 0 Å². The van der Waals surface area contributed by atoms with E-state index in [-0.39, 0.29) is 29.7 Å². The van der Waals surface area contributed by atoms with E-state index in [0.717, 1.165) is 11.3 Å². The van der Waals surface area contributed by atoms with E-state index in [1.807, 2.05) is 54.6 Å². The number of amides is 1. The van der Waals surface area contributed by atoms with Crippen LogP contribution in [-0.2, 0) is 21.2 Å².